The number of carbonyl (C=O) groups excluding carboxylic acids is 1. The molecule has 1 heterocycles. The van der Waals surface area contributed by atoms with Crippen molar-refractivity contribution in [3.8, 4) is 5.75 Å². The molecule has 1 aliphatic heterocycles. The summed E-state index contributed by atoms with van der Waals surface area (Å²) in [4.78, 5) is 19.0. The van der Waals surface area contributed by atoms with Crippen molar-refractivity contribution in [2.75, 3.05) is 39.0 Å². The van der Waals surface area contributed by atoms with Gasteiger partial charge in [-0.15, -0.1) is 0 Å². The van der Waals surface area contributed by atoms with E-state index < -0.39 is 0 Å². The van der Waals surface area contributed by atoms with Crippen LogP contribution in [-0.2, 0) is 11.3 Å². The Kier molecular flexibility index (Phi) is 8.61. The molecule has 1 fully saturated rings. The first-order chi connectivity index (χ1) is 12.7. The van der Waals surface area contributed by atoms with Crippen LogP contribution in [0.25, 0.3) is 0 Å². The molecule has 1 atom stereocenters. The maximum absolute atomic E-state index is 12.2. The second-order valence-corrected chi connectivity index (χ2v) is 7.55. The monoisotopic (exact) mass is 378 g/mol. The Morgan fingerprint density at radius 2 is 2.08 bits per heavy atom. The minimum atomic E-state index is -0.0744. The maximum atomic E-state index is 12.2. The molecule has 0 bridgehead atoms. The summed E-state index contributed by atoms with van der Waals surface area (Å²) < 4.78 is 5.14. The highest BCUT2D eigenvalue weighted by atomic mass is 32.2. The van der Waals surface area contributed by atoms with E-state index in [1.54, 1.807) is 7.11 Å². The molecule has 1 unspecified atom stereocenters. The number of carbonyl (C=O) groups is 1. The third-order valence-electron chi connectivity index (χ3n) is 4.25. The molecule has 6 nitrogen and oxygen atoms in total. The second kappa shape index (κ2) is 11.0. The minimum Gasteiger partial charge on any atom is -0.497 e. The SMILES string of the molecule is CCNC(=NCC(=O)NCc1ccc(OC)cc1)N1CCSC(CC)C1. The predicted molar refractivity (Wildman–Crippen MR) is 109 cm³/mol. The van der Waals surface area contributed by atoms with Crippen LogP contribution in [0.4, 0.5) is 0 Å². The van der Waals surface area contributed by atoms with Crippen molar-refractivity contribution in [3.05, 3.63) is 29.8 Å². The second-order valence-electron chi connectivity index (χ2n) is 6.14. The molecule has 1 saturated heterocycles. The third kappa shape index (κ3) is 6.44. The van der Waals surface area contributed by atoms with Crippen molar-refractivity contribution in [2.24, 2.45) is 4.99 Å². The molecule has 1 aromatic carbocycles. The number of ether oxygens (including phenoxy) is 1. The summed E-state index contributed by atoms with van der Waals surface area (Å²) in [5.41, 5.74) is 1.04. The van der Waals surface area contributed by atoms with Crippen LogP contribution in [0.3, 0.4) is 0 Å². The van der Waals surface area contributed by atoms with Gasteiger partial charge in [0.05, 0.1) is 7.11 Å². The van der Waals surface area contributed by atoms with Crippen molar-refractivity contribution in [1.29, 1.82) is 0 Å². The lowest BCUT2D eigenvalue weighted by atomic mass is 10.2. The lowest BCUT2D eigenvalue weighted by Gasteiger charge is -2.34. The van der Waals surface area contributed by atoms with Crippen LogP contribution in [0.5, 0.6) is 5.75 Å². The van der Waals surface area contributed by atoms with Gasteiger partial charge >= 0.3 is 0 Å². The van der Waals surface area contributed by atoms with Crippen molar-refractivity contribution < 1.29 is 9.53 Å². The number of amides is 1. The Morgan fingerprint density at radius 3 is 2.73 bits per heavy atom. The maximum Gasteiger partial charge on any atom is 0.242 e. The molecule has 0 spiro atoms. The van der Waals surface area contributed by atoms with E-state index in [1.807, 2.05) is 36.0 Å². The first kappa shape index (κ1) is 20.4. The van der Waals surface area contributed by atoms with Crippen LogP contribution < -0.4 is 15.4 Å². The smallest absolute Gasteiger partial charge is 0.242 e. The summed E-state index contributed by atoms with van der Waals surface area (Å²) in [5.74, 6) is 2.68. The van der Waals surface area contributed by atoms with E-state index in [0.29, 0.717) is 11.8 Å². The lowest BCUT2D eigenvalue weighted by Crippen LogP contribution is -2.48. The molecule has 0 aliphatic carbocycles. The van der Waals surface area contributed by atoms with E-state index >= 15 is 0 Å². The molecule has 0 radical (unpaired) electrons. The normalized spacial score (nSPS) is 17.7. The van der Waals surface area contributed by atoms with Crippen molar-refractivity contribution in [1.82, 2.24) is 15.5 Å². The molecule has 1 aromatic rings. The van der Waals surface area contributed by atoms with Gasteiger partial charge in [-0.05, 0) is 31.0 Å². The Bertz CT molecular complexity index is 592. The predicted octanol–water partition coefficient (Wildman–Crippen LogP) is 2.10. The summed E-state index contributed by atoms with van der Waals surface area (Å²) in [6, 6.07) is 7.67. The molecule has 0 aromatic heterocycles. The van der Waals surface area contributed by atoms with Gasteiger partial charge in [-0.1, -0.05) is 19.1 Å². The van der Waals surface area contributed by atoms with Crippen LogP contribution in [0.2, 0.25) is 0 Å². The number of guanidine groups is 1. The number of nitrogens with one attached hydrogen (secondary N) is 2. The van der Waals surface area contributed by atoms with Gasteiger partial charge in [0.1, 0.15) is 12.3 Å². The Hall–Kier alpha value is -1.89. The van der Waals surface area contributed by atoms with Crippen molar-refractivity contribution >= 4 is 23.6 Å². The van der Waals surface area contributed by atoms with Crippen LogP contribution in [0.15, 0.2) is 29.3 Å². The van der Waals surface area contributed by atoms with Gasteiger partial charge in [-0.2, -0.15) is 11.8 Å². The van der Waals surface area contributed by atoms with E-state index in [9.17, 15) is 4.79 Å². The van der Waals surface area contributed by atoms with E-state index in [4.69, 9.17) is 4.74 Å². The van der Waals surface area contributed by atoms with E-state index in [-0.39, 0.29) is 12.5 Å². The first-order valence-corrected chi connectivity index (χ1v) is 10.3. The molecule has 144 valence electrons. The van der Waals surface area contributed by atoms with Gasteiger partial charge in [-0.25, -0.2) is 4.99 Å². The molecule has 2 N–H and O–H groups in total. The Morgan fingerprint density at radius 1 is 1.31 bits per heavy atom. The zero-order chi connectivity index (χ0) is 18.8. The van der Waals surface area contributed by atoms with Gasteiger partial charge in [-0.3, -0.25) is 4.79 Å². The van der Waals surface area contributed by atoms with Gasteiger partial charge in [0.25, 0.3) is 0 Å². The van der Waals surface area contributed by atoms with Crippen LogP contribution >= 0.6 is 11.8 Å². The standard InChI is InChI=1S/C19H30N4O2S/c1-4-17-14-23(10-11-26-17)19(20-5-2)22-13-18(24)21-12-15-6-8-16(25-3)9-7-15/h6-9,17H,4-5,10-14H2,1-3H3,(H,20,22)(H,21,24). The number of hydrogen-bond donors (Lipinski definition) is 2. The zero-order valence-electron chi connectivity index (χ0n) is 16.0. The molecule has 2 rings (SSSR count). The Labute approximate surface area is 160 Å². The Balaban J connectivity index is 1.85. The first-order valence-electron chi connectivity index (χ1n) is 9.20. The van der Waals surface area contributed by atoms with Crippen LogP contribution in [0.1, 0.15) is 25.8 Å². The topological polar surface area (TPSA) is 66.0 Å². The minimum absolute atomic E-state index is 0.0744. The summed E-state index contributed by atoms with van der Waals surface area (Å²) in [6.45, 7) is 7.66. The molecule has 7 heteroatoms. The number of aliphatic imine (C=N–C) groups is 1. The lowest BCUT2D eigenvalue weighted by molar-refractivity contribution is -0.119. The van der Waals surface area contributed by atoms with Crippen LogP contribution in [0, 0.1) is 0 Å². The third-order valence-corrected chi connectivity index (χ3v) is 5.62. The fourth-order valence-electron chi connectivity index (χ4n) is 2.73. The van der Waals surface area contributed by atoms with E-state index in [1.165, 1.54) is 0 Å². The number of benzene rings is 1. The highest BCUT2D eigenvalue weighted by Gasteiger charge is 2.21. The van der Waals surface area contributed by atoms with E-state index in [0.717, 1.165) is 49.1 Å². The summed E-state index contributed by atoms with van der Waals surface area (Å²) in [7, 11) is 1.64. The number of nitrogens with zero attached hydrogens (tertiary/aromatic N) is 2. The quantitative estimate of drug-likeness (QED) is 0.562. The van der Waals surface area contributed by atoms with Crippen molar-refractivity contribution in [2.45, 2.75) is 32.1 Å². The molecular formula is C19H30N4O2S. The summed E-state index contributed by atoms with van der Waals surface area (Å²) in [5, 5.41) is 6.87. The van der Waals surface area contributed by atoms with Gasteiger partial charge < -0.3 is 20.3 Å². The average Bonchev–Trinajstić information content (AvgIpc) is 2.69. The summed E-state index contributed by atoms with van der Waals surface area (Å²) in [6.07, 6.45) is 1.16. The molecule has 1 amide bonds. The van der Waals surface area contributed by atoms with E-state index in [2.05, 4.69) is 34.4 Å². The van der Waals surface area contributed by atoms with Gasteiger partial charge in [0.15, 0.2) is 5.96 Å². The van der Waals surface area contributed by atoms with Crippen LogP contribution in [-0.4, -0.2) is 61.1 Å². The highest BCUT2D eigenvalue weighted by Crippen LogP contribution is 2.21. The largest absolute Gasteiger partial charge is 0.497 e. The molecule has 0 saturated carbocycles. The fourth-order valence-corrected chi connectivity index (χ4v) is 3.91. The number of hydrogen-bond acceptors (Lipinski definition) is 4. The molecule has 26 heavy (non-hydrogen) atoms. The molecular weight excluding hydrogens is 348 g/mol. The van der Waals surface area contributed by atoms with Crippen molar-refractivity contribution in [3.63, 3.8) is 0 Å². The van der Waals surface area contributed by atoms with Gasteiger partial charge in [0, 0.05) is 37.2 Å². The zero-order valence-corrected chi connectivity index (χ0v) is 16.8. The number of thioether (sulfide) groups is 1. The molecule has 1 aliphatic rings. The fraction of sp³-hybridized carbons (Fsp3) is 0.579. The van der Waals surface area contributed by atoms with Gasteiger partial charge in [0.2, 0.25) is 5.91 Å². The average molecular weight is 379 g/mol. The highest BCUT2D eigenvalue weighted by molar-refractivity contribution is 8.00. The number of rotatable bonds is 7. The number of methoxy groups -OCH3 is 1. The summed E-state index contributed by atoms with van der Waals surface area (Å²) >= 11 is 2.02.